The van der Waals surface area contributed by atoms with Crippen LogP contribution in [0.5, 0.6) is 5.75 Å². The predicted molar refractivity (Wildman–Crippen MR) is 65.4 cm³/mol. The van der Waals surface area contributed by atoms with Crippen LogP contribution in [0.15, 0.2) is 29.2 Å². The van der Waals surface area contributed by atoms with E-state index in [0.29, 0.717) is 6.54 Å². The molecule has 0 aromatic heterocycles. The van der Waals surface area contributed by atoms with Gasteiger partial charge in [0.2, 0.25) is 0 Å². The van der Waals surface area contributed by atoms with Crippen LogP contribution in [0.25, 0.3) is 0 Å². The first-order chi connectivity index (χ1) is 7.36. The Morgan fingerprint density at radius 2 is 2.13 bits per heavy atom. The number of hydrogen-bond donors (Lipinski definition) is 1. The highest BCUT2D eigenvalue weighted by Gasteiger charge is 1.94. The maximum absolute atomic E-state index is 5.12. The van der Waals surface area contributed by atoms with Crippen LogP contribution in [0.3, 0.4) is 0 Å². The largest absolute Gasteiger partial charge is 0.497 e. The molecule has 0 amide bonds. The molecule has 0 atom stereocenters. The van der Waals surface area contributed by atoms with Crippen LogP contribution in [0.4, 0.5) is 0 Å². The zero-order valence-corrected chi connectivity index (χ0v) is 9.64. The van der Waals surface area contributed by atoms with Gasteiger partial charge in [0.25, 0.3) is 0 Å². The molecule has 0 spiro atoms. The molecule has 0 unspecified atom stereocenters. The highest BCUT2D eigenvalue weighted by molar-refractivity contribution is 7.99. The molecule has 0 saturated heterocycles. The maximum atomic E-state index is 5.12. The summed E-state index contributed by atoms with van der Waals surface area (Å²) in [4.78, 5) is 1.25. The molecule has 1 N–H and O–H groups in total. The second-order valence-corrected chi connectivity index (χ2v) is 4.07. The molecule has 0 aliphatic carbocycles. The molecule has 3 heteroatoms. The first-order valence-corrected chi connectivity index (χ1v) is 5.76. The number of rotatable bonds is 6. The van der Waals surface area contributed by atoms with E-state index in [4.69, 9.17) is 11.2 Å². The summed E-state index contributed by atoms with van der Waals surface area (Å²) in [5, 5.41) is 3.15. The summed E-state index contributed by atoms with van der Waals surface area (Å²) in [5.41, 5.74) is 0. The summed E-state index contributed by atoms with van der Waals surface area (Å²) in [6.45, 7) is 1.57. The lowest BCUT2D eigenvalue weighted by atomic mass is 10.3. The fourth-order valence-corrected chi connectivity index (χ4v) is 1.88. The molecular weight excluding hydrogens is 206 g/mol. The number of nitrogens with one attached hydrogen (secondary N) is 1. The van der Waals surface area contributed by atoms with Crippen LogP contribution in [-0.4, -0.2) is 26.0 Å². The molecule has 80 valence electrons. The molecule has 0 fully saturated rings. The van der Waals surface area contributed by atoms with Crippen LogP contribution < -0.4 is 10.1 Å². The van der Waals surface area contributed by atoms with Gasteiger partial charge in [-0.1, -0.05) is 5.92 Å². The molecule has 1 rings (SSSR count). The van der Waals surface area contributed by atoms with Gasteiger partial charge in [-0.3, -0.25) is 0 Å². The van der Waals surface area contributed by atoms with Crippen molar-refractivity contribution in [3.05, 3.63) is 24.3 Å². The minimum absolute atomic E-state index is 0.642. The number of benzene rings is 1. The Morgan fingerprint density at radius 3 is 2.73 bits per heavy atom. The predicted octanol–water partition coefficient (Wildman–Crippen LogP) is 2.01. The third-order valence-electron chi connectivity index (χ3n) is 1.83. The molecule has 0 heterocycles. The summed E-state index contributed by atoms with van der Waals surface area (Å²) in [6.07, 6.45) is 5.12. The SMILES string of the molecule is C#CCNCCSc1ccc(OC)cc1. The normalized spacial score (nSPS) is 9.60. The Balaban J connectivity index is 2.23. The topological polar surface area (TPSA) is 21.3 Å². The van der Waals surface area contributed by atoms with E-state index >= 15 is 0 Å². The number of ether oxygens (including phenoxy) is 1. The molecule has 15 heavy (non-hydrogen) atoms. The van der Waals surface area contributed by atoms with Gasteiger partial charge in [-0.25, -0.2) is 0 Å². The standard InChI is InChI=1S/C12H15NOS/c1-3-8-13-9-10-15-12-6-4-11(14-2)5-7-12/h1,4-7,13H,8-10H2,2H3. The molecule has 0 aliphatic heterocycles. The van der Waals surface area contributed by atoms with E-state index in [0.717, 1.165) is 18.0 Å². The van der Waals surface area contributed by atoms with Gasteiger partial charge in [-0.05, 0) is 24.3 Å². The smallest absolute Gasteiger partial charge is 0.118 e. The highest BCUT2D eigenvalue weighted by Crippen LogP contribution is 2.20. The van der Waals surface area contributed by atoms with Crippen molar-refractivity contribution in [1.82, 2.24) is 5.32 Å². The summed E-state index contributed by atoms with van der Waals surface area (Å²) in [6, 6.07) is 8.06. The van der Waals surface area contributed by atoms with Crippen molar-refractivity contribution in [1.29, 1.82) is 0 Å². The van der Waals surface area contributed by atoms with Crippen LogP contribution in [0.1, 0.15) is 0 Å². The van der Waals surface area contributed by atoms with E-state index in [1.165, 1.54) is 4.90 Å². The fourth-order valence-electron chi connectivity index (χ4n) is 1.07. The van der Waals surface area contributed by atoms with E-state index in [-0.39, 0.29) is 0 Å². The summed E-state index contributed by atoms with van der Waals surface area (Å²) < 4.78 is 5.08. The van der Waals surface area contributed by atoms with Crippen molar-refractivity contribution in [2.45, 2.75) is 4.90 Å². The zero-order valence-electron chi connectivity index (χ0n) is 8.82. The third-order valence-corrected chi connectivity index (χ3v) is 2.85. The van der Waals surface area contributed by atoms with E-state index in [1.807, 2.05) is 12.1 Å². The van der Waals surface area contributed by atoms with E-state index in [9.17, 15) is 0 Å². The molecule has 0 saturated carbocycles. The van der Waals surface area contributed by atoms with Crippen LogP contribution in [0.2, 0.25) is 0 Å². The molecule has 0 bridgehead atoms. The molecule has 1 aromatic rings. The second-order valence-electron chi connectivity index (χ2n) is 2.90. The Kier molecular flexibility index (Phi) is 5.76. The number of hydrogen-bond acceptors (Lipinski definition) is 3. The van der Waals surface area contributed by atoms with Crippen molar-refractivity contribution in [2.24, 2.45) is 0 Å². The van der Waals surface area contributed by atoms with Gasteiger partial charge in [0.05, 0.1) is 13.7 Å². The Hall–Kier alpha value is -1.11. The Labute approximate surface area is 95.4 Å². The summed E-state index contributed by atoms with van der Waals surface area (Å²) >= 11 is 1.80. The molecule has 0 aliphatic rings. The monoisotopic (exact) mass is 221 g/mol. The van der Waals surface area contributed by atoms with Gasteiger partial charge < -0.3 is 10.1 Å². The number of methoxy groups -OCH3 is 1. The van der Waals surface area contributed by atoms with Gasteiger partial charge in [0, 0.05) is 17.2 Å². The van der Waals surface area contributed by atoms with Crippen molar-refractivity contribution in [2.75, 3.05) is 26.0 Å². The number of thioether (sulfide) groups is 1. The lowest BCUT2D eigenvalue weighted by Crippen LogP contribution is -2.16. The van der Waals surface area contributed by atoms with Gasteiger partial charge in [0.1, 0.15) is 5.75 Å². The van der Waals surface area contributed by atoms with Crippen molar-refractivity contribution < 1.29 is 4.74 Å². The van der Waals surface area contributed by atoms with Gasteiger partial charge >= 0.3 is 0 Å². The summed E-state index contributed by atoms with van der Waals surface area (Å²) in [5.74, 6) is 4.46. The van der Waals surface area contributed by atoms with Crippen LogP contribution in [0, 0.1) is 12.3 Å². The van der Waals surface area contributed by atoms with Gasteiger partial charge in [-0.2, -0.15) is 0 Å². The second kappa shape index (κ2) is 7.22. The Bertz CT molecular complexity index is 315. The third kappa shape index (κ3) is 4.78. The average molecular weight is 221 g/mol. The first-order valence-electron chi connectivity index (χ1n) is 4.78. The van der Waals surface area contributed by atoms with E-state index in [2.05, 4.69) is 23.4 Å². The van der Waals surface area contributed by atoms with Crippen LogP contribution >= 0.6 is 11.8 Å². The lowest BCUT2D eigenvalue weighted by molar-refractivity contribution is 0.414. The summed E-state index contributed by atoms with van der Waals surface area (Å²) in [7, 11) is 1.67. The maximum Gasteiger partial charge on any atom is 0.118 e. The zero-order chi connectivity index (χ0) is 10.9. The van der Waals surface area contributed by atoms with Crippen molar-refractivity contribution in [3.63, 3.8) is 0 Å². The van der Waals surface area contributed by atoms with Crippen molar-refractivity contribution in [3.8, 4) is 18.1 Å². The van der Waals surface area contributed by atoms with Gasteiger partial charge in [0.15, 0.2) is 0 Å². The molecule has 1 aromatic carbocycles. The Morgan fingerprint density at radius 1 is 1.40 bits per heavy atom. The fraction of sp³-hybridized carbons (Fsp3) is 0.333. The first kappa shape index (κ1) is 12.0. The lowest BCUT2D eigenvalue weighted by Gasteiger charge is -2.03. The quantitative estimate of drug-likeness (QED) is 0.451. The minimum atomic E-state index is 0.642. The van der Waals surface area contributed by atoms with Gasteiger partial charge in [-0.15, -0.1) is 18.2 Å². The molecular formula is C12H15NOS. The van der Waals surface area contributed by atoms with E-state index in [1.54, 1.807) is 18.9 Å². The van der Waals surface area contributed by atoms with E-state index < -0.39 is 0 Å². The average Bonchev–Trinajstić information content (AvgIpc) is 2.30. The molecule has 2 nitrogen and oxygen atoms in total. The minimum Gasteiger partial charge on any atom is -0.497 e. The number of terminal acetylenes is 1. The van der Waals surface area contributed by atoms with Crippen molar-refractivity contribution >= 4 is 11.8 Å². The molecule has 0 radical (unpaired) electrons. The highest BCUT2D eigenvalue weighted by atomic mass is 32.2. The van der Waals surface area contributed by atoms with Crippen LogP contribution in [-0.2, 0) is 0 Å².